The number of furan rings is 1. The summed E-state index contributed by atoms with van der Waals surface area (Å²) in [7, 11) is 0. The van der Waals surface area contributed by atoms with Crippen LogP contribution < -0.4 is 16.1 Å². The Morgan fingerprint density at radius 2 is 1.62 bits per heavy atom. The van der Waals surface area contributed by atoms with E-state index in [0.717, 1.165) is 19.3 Å². The van der Waals surface area contributed by atoms with Crippen LogP contribution in [0.15, 0.2) is 40.8 Å². The molecule has 0 radical (unpaired) electrons. The van der Waals surface area contributed by atoms with E-state index in [1.54, 1.807) is 30.6 Å². The third-order valence-electron chi connectivity index (χ3n) is 5.59. The minimum absolute atomic E-state index is 0.0251. The van der Waals surface area contributed by atoms with Crippen molar-refractivity contribution >= 4 is 23.7 Å². The van der Waals surface area contributed by atoms with E-state index in [1.807, 2.05) is 6.92 Å². The Bertz CT molecular complexity index is 985. The molecule has 1 heterocycles. The van der Waals surface area contributed by atoms with E-state index in [9.17, 15) is 19.2 Å². The summed E-state index contributed by atoms with van der Waals surface area (Å²) >= 11 is 0. The molecule has 0 bridgehead atoms. The van der Waals surface area contributed by atoms with Crippen LogP contribution in [0.25, 0.3) is 11.3 Å². The van der Waals surface area contributed by atoms with Gasteiger partial charge in [-0.1, -0.05) is 45.2 Å². The van der Waals surface area contributed by atoms with Gasteiger partial charge in [-0.25, -0.2) is 10.3 Å². The van der Waals surface area contributed by atoms with Crippen LogP contribution in [0.5, 0.6) is 0 Å². The van der Waals surface area contributed by atoms with Crippen molar-refractivity contribution in [2.45, 2.75) is 46.0 Å². The van der Waals surface area contributed by atoms with Gasteiger partial charge in [0.25, 0.3) is 5.91 Å². The van der Waals surface area contributed by atoms with Crippen molar-refractivity contribution in [1.82, 2.24) is 16.1 Å². The molecule has 0 saturated carbocycles. The number of hydrogen-bond acceptors (Lipinski definition) is 6. The van der Waals surface area contributed by atoms with Crippen LogP contribution in [0, 0.1) is 11.8 Å². The largest absolute Gasteiger partial charge is 0.478 e. The minimum Gasteiger partial charge on any atom is -0.478 e. The van der Waals surface area contributed by atoms with Crippen LogP contribution in [0.2, 0.25) is 0 Å². The third kappa shape index (κ3) is 7.17. The van der Waals surface area contributed by atoms with Crippen molar-refractivity contribution < 1.29 is 33.9 Å². The second kappa shape index (κ2) is 13.1. The number of carboxylic acid groups (broad SMARTS) is 1. The third-order valence-corrected chi connectivity index (χ3v) is 5.59. The fraction of sp³-hybridized carbons (Fsp3) is 0.417. The van der Waals surface area contributed by atoms with Crippen molar-refractivity contribution in [2.75, 3.05) is 6.67 Å². The molecule has 0 aliphatic heterocycles. The second-order valence-corrected chi connectivity index (χ2v) is 7.86. The zero-order valence-electron chi connectivity index (χ0n) is 19.3. The fourth-order valence-electron chi connectivity index (χ4n) is 3.69. The Morgan fingerprint density at radius 3 is 2.21 bits per heavy atom. The number of carbonyl (C=O) groups is 4. The molecular weight excluding hydrogens is 442 g/mol. The van der Waals surface area contributed by atoms with Gasteiger partial charge in [0.2, 0.25) is 11.8 Å². The maximum Gasteiger partial charge on any atom is 0.335 e. The van der Waals surface area contributed by atoms with Crippen LogP contribution in [0.3, 0.4) is 0 Å². The number of aromatic carboxylic acids is 1. The van der Waals surface area contributed by atoms with Gasteiger partial charge < -0.3 is 20.2 Å². The van der Waals surface area contributed by atoms with E-state index in [2.05, 4.69) is 10.6 Å². The van der Waals surface area contributed by atoms with Crippen LogP contribution in [-0.2, 0) is 9.59 Å². The summed E-state index contributed by atoms with van der Waals surface area (Å²) in [5.41, 5.74) is 2.38. The predicted molar refractivity (Wildman–Crippen MR) is 123 cm³/mol. The molecule has 0 aliphatic rings. The SMILES string of the molecule is CCCCC[C@@H](C(=O)NCNC(=O)c1ccc(-c2ccc(C(=O)O)cc2)o1)[C@@H](CC)C(=O)NO. The van der Waals surface area contributed by atoms with Crippen molar-refractivity contribution in [3.05, 3.63) is 47.7 Å². The summed E-state index contributed by atoms with van der Waals surface area (Å²) in [5, 5.41) is 23.2. The van der Waals surface area contributed by atoms with Gasteiger partial charge in [0.15, 0.2) is 5.76 Å². The van der Waals surface area contributed by atoms with E-state index in [4.69, 9.17) is 14.7 Å². The number of benzene rings is 1. The Morgan fingerprint density at radius 1 is 0.912 bits per heavy atom. The van der Waals surface area contributed by atoms with E-state index >= 15 is 0 Å². The predicted octanol–water partition coefficient (Wildman–Crippen LogP) is 3.18. The highest BCUT2D eigenvalue weighted by atomic mass is 16.5. The van der Waals surface area contributed by atoms with Gasteiger partial charge in [0.05, 0.1) is 18.2 Å². The van der Waals surface area contributed by atoms with Gasteiger partial charge in [0, 0.05) is 11.5 Å². The lowest BCUT2D eigenvalue weighted by Crippen LogP contribution is -2.44. The average Bonchev–Trinajstić information content (AvgIpc) is 3.33. The Labute approximate surface area is 197 Å². The van der Waals surface area contributed by atoms with Gasteiger partial charge >= 0.3 is 5.97 Å². The first-order valence-electron chi connectivity index (χ1n) is 11.3. The lowest BCUT2D eigenvalue weighted by Gasteiger charge is -2.24. The molecule has 2 aromatic rings. The molecule has 34 heavy (non-hydrogen) atoms. The first kappa shape index (κ1) is 26.6. The number of unbranched alkanes of at least 4 members (excludes halogenated alkanes) is 2. The van der Waals surface area contributed by atoms with E-state index in [0.29, 0.717) is 24.2 Å². The minimum atomic E-state index is -1.04. The monoisotopic (exact) mass is 473 g/mol. The summed E-state index contributed by atoms with van der Waals surface area (Å²) in [6.45, 7) is 3.64. The Kier molecular flexibility index (Phi) is 10.3. The number of nitrogens with one attached hydrogen (secondary N) is 3. The highest BCUT2D eigenvalue weighted by Crippen LogP contribution is 2.24. The summed E-state index contributed by atoms with van der Waals surface area (Å²) in [5.74, 6) is -3.48. The van der Waals surface area contributed by atoms with Crippen molar-refractivity contribution in [3.63, 3.8) is 0 Å². The van der Waals surface area contributed by atoms with Crippen molar-refractivity contribution in [3.8, 4) is 11.3 Å². The average molecular weight is 474 g/mol. The molecule has 0 spiro atoms. The van der Waals surface area contributed by atoms with Crippen LogP contribution in [0.1, 0.15) is 66.9 Å². The molecule has 3 amide bonds. The van der Waals surface area contributed by atoms with Crippen LogP contribution in [0.4, 0.5) is 0 Å². The van der Waals surface area contributed by atoms with Gasteiger partial charge in [-0.05, 0) is 37.1 Å². The maximum absolute atomic E-state index is 12.8. The van der Waals surface area contributed by atoms with E-state index in [1.165, 1.54) is 18.2 Å². The van der Waals surface area contributed by atoms with Gasteiger partial charge in [-0.3, -0.25) is 19.6 Å². The Balaban J connectivity index is 1.96. The smallest absolute Gasteiger partial charge is 0.335 e. The molecule has 0 fully saturated rings. The molecule has 0 saturated heterocycles. The number of carboxylic acids is 1. The number of carbonyl (C=O) groups excluding carboxylic acids is 3. The summed E-state index contributed by atoms with van der Waals surface area (Å²) in [6.07, 6.45) is 3.51. The van der Waals surface area contributed by atoms with Gasteiger partial charge in [0.1, 0.15) is 5.76 Å². The highest BCUT2D eigenvalue weighted by Gasteiger charge is 2.31. The van der Waals surface area contributed by atoms with Gasteiger partial charge in [-0.15, -0.1) is 0 Å². The first-order valence-corrected chi connectivity index (χ1v) is 11.3. The molecule has 1 aromatic carbocycles. The molecule has 2 rings (SSSR count). The second-order valence-electron chi connectivity index (χ2n) is 7.86. The lowest BCUT2D eigenvalue weighted by molar-refractivity contribution is -0.140. The Hall–Kier alpha value is -3.66. The zero-order valence-corrected chi connectivity index (χ0v) is 19.3. The quantitative estimate of drug-likeness (QED) is 0.129. The molecular formula is C24H31N3O7. The molecule has 0 aliphatic carbocycles. The lowest BCUT2D eigenvalue weighted by atomic mass is 9.84. The number of hydroxylamine groups is 1. The molecule has 2 atom stereocenters. The number of rotatable bonds is 13. The highest BCUT2D eigenvalue weighted by molar-refractivity contribution is 5.93. The molecule has 10 nitrogen and oxygen atoms in total. The molecule has 0 unspecified atom stereocenters. The van der Waals surface area contributed by atoms with Crippen LogP contribution in [-0.4, -0.2) is 40.7 Å². The summed E-state index contributed by atoms with van der Waals surface area (Å²) < 4.78 is 5.55. The molecule has 184 valence electrons. The molecule has 1 aromatic heterocycles. The topological polar surface area (TPSA) is 158 Å². The summed E-state index contributed by atoms with van der Waals surface area (Å²) in [6, 6.07) is 9.10. The normalized spacial score (nSPS) is 12.4. The molecule has 10 heteroatoms. The van der Waals surface area contributed by atoms with Crippen LogP contribution >= 0.6 is 0 Å². The maximum atomic E-state index is 12.8. The van der Waals surface area contributed by atoms with E-state index in [-0.39, 0.29) is 23.9 Å². The number of hydrogen-bond donors (Lipinski definition) is 5. The first-order chi connectivity index (χ1) is 16.3. The number of amides is 3. The van der Waals surface area contributed by atoms with Crippen molar-refractivity contribution in [2.24, 2.45) is 11.8 Å². The fourth-order valence-corrected chi connectivity index (χ4v) is 3.69. The van der Waals surface area contributed by atoms with Crippen molar-refractivity contribution in [1.29, 1.82) is 0 Å². The standard InChI is InChI=1S/C24H31N3O7/c1-3-5-6-7-18(17(4-2)22(29)27-33)21(28)25-14-26-23(30)20-13-12-19(34-20)15-8-10-16(11-9-15)24(31)32/h8-13,17-18,33H,3-7,14H2,1-2H3,(H,25,28)(H,26,30)(H,27,29)(H,31,32)/t17-,18-/m1/s1. The summed E-state index contributed by atoms with van der Waals surface area (Å²) in [4.78, 5) is 48.1. The molecule has 5 N–H and O–H groups in total. The zero-order chi connectivity index (χ0) is 25.1. The van der Waals surface area contributed by atoms with E-state index < -0.39 is 29.6 Å². The van der Waals surface area contributed by atoms with Gasteiger partial charge in [-0.2, -0.15) is 0 Å².